The van der Waals surface area contributed by atoms with Crippen LogP contribution in [0.3, 0.4) is 0 Å². The molecule has 0 unspecified atom stereocenters. The van der Waals surface area contributed by atoms with Gasteiger partial charge in [-0.15, -0.1) is 0 Å². The molecule has 6 nitrogen and oxygen atoms in total. The third kappa shape index (κ3) is 3.99. The number of nitrogens with zero attached hydrogens (tertiary/aromatic N) is 3. The second-order valence-electron chi connectivity index (χ2n) is 6.73. The van der Waals surface area contributed by atoms with Crippen LogP contribution in [-0.2, 0) is 11.2 Å². The molecule has 0 aromatic carbocycles. The zero-order valence-corrected chi connectivity index (χ0v) is 14.4. The Kier molecular flexibility index (Phi) is 5.57. The molecule has 1 aromatic heterocycles. The lowest BCUT2D eigenvalue weighted by atomic mass is 9.77. The van der Waals surface area contributed by atoms with Crippen LogP contribution in [0.5, 0.6) is 0 Å². The average molecular weight is 320 g/mol. The topological polar surface area (TPSA) is 92.3 Å². The molecule has 2 heterocycles. The number of nitrogens with two attached hydrogens (primary N) is 1. The van der Waals surface area contributed by atoms with Gasteiger partial charge in [0.15, 0.2) is 0 Å². The molecule has 3 N–H and O–H groups in total. The maximum atomic E-state index is 12.7. The van der Waals surface area contributed by atoms with E-state index in [1.54, 1.807) is 0 Å². The Balaban J connectivity index is 2.12. The number of likely N-dealkylation sites (tertiary alicyclic amines) is 1. The number of anilines is 1. The predicted molar refractivity (Wildman–Crippen MR) is 89.9 cm³/mol. The first-order valence-electron chi connectivity index (χ1n) is 8.39. The molecule has 1 aliphatic rings. The second kappa shape index (κ2) is 7.25. The summed E-state index contributed by atoms with van der Waals surface area (Å²) in [5.41, 5.74) is 7.90. The van der Waals surface area contributed by atoms with Crippen molar-refractivity contribution < 1.29 is 9.90 Å². The molecule has 1 aromatic rings. The summed E-state index contributed by atoms with van der Waals surface area (Å²) >= 11 is 0. The Bertz CT molecular complexity index is 549. The van der Waals surface area contributed by atoms with E-state index in [1.165, 1.54) is 0 Å². The number of aromatic nitrogens is 2. The molecule has 2 rings (SSSR count). The summed E-state index contributed by atoms with van der Waals surface area (Å²) in [5, 5.41) is 9.81. The number of aliphatic hydroxyl groups is 1. The fourth-order valence-electron chi connectivity index (χ4n) is 3.65. The number of carbonyl (C=O) groups is 1. The van der Waals surface area contributed by atoms with Crippen molar-refractivity contribution in [3.05, 3.63) is 17.0 Å². The van der Waals surface area contributed by atoms with Gasteiger partial charge in [0.25, 0.3) is 0 Å². The van der Waals surface area contributed by atoms with Crippen LogP contribution in [-0.4, -0.2) is 45.6 Å². The monoisotopic (exact) mass is 320 g/mol. The largest absolute Gasteiger partial charge is 0.396 e. The summed E-state index contributed by atoms with van der Waals surface area (Å²) in [7, 11) is 0. The Hall–Kier alpha value is -1.69. The molecule has 0 saturated carbocycles. The summed E-state index contributed by atoms with van der Waals surface area (Å²) < 4.78 is 0. The molecule has 1 saturated heterocycles. The van der Waals surface area contributed by atoms with Gasteiger partial charge in [-0.1, -0.05) is 13.3 Å². The van der Waals surface area contributed by atoms with Crippen LogP contribution >= 0.6 is 0 Å². The van der Waals surface area contributed by atoms with E-state index in [-0.39, 0.29) is 23.9 Å². The Labute approximate surface area is 138 Å². The number of piperidine rings is 1. The smallest absolute Gasteiger partial charge is 0.227 e. The van der Waals surface area contributed by atoms with Crippen molar-refractivity contribution in [3.8, 4) is 0 Å². The molecule has 0 spiro atoms. The summed E-state index contributed by atoms with van der Waals surface area (Å²) in [5.74, 6) is 0.328. The SMILES string of the molecule is CCC[C@]1(CO)CCCN(C(=O)Cc2c(C)nc(N)nc2C)C1. The summed E-state index contributed by atoms with van der Waals surface area (Å²) in [6.07, 6.45) is 4.21. The van der Waals surface area contributed by atoms with Crippen LogP contribution in [0.4, 0.5) is 5.95 Å². The number of aryl methyl sites for hydroxylation is 2. The summed E-state index contributed by atoms with van der Waals surface area (Å²) in [4.78, 5) is 22.9. The number of amides is 1. The van der Waals surface area contributed by atoms with Crippen molar-refractivity contribution in [3.63, 3.8) is 0 Å². The van der Waals surface area contributed by atoms with Gasteiger partial charge in [0.2, 0.25) is 11.9 Å². The summed E-state index contributed by atoms with van der Waals surface area (Å²) in [6.45, 7) is 7.39. The average Bonchev–Trinajstić information content (AvgIpc) is 2.51. The number of carbonyl (C=O) groups excluding carboxylic acids is 1. The van der Waals surface area contributed by atoms with Crippen molar-refractivity contribution >= 4 is 11.9 Å². The standard InChI is InChI=1S/C17H28N4O2/c1-4-6-17(11-22)7-5-8-21(10-17)15(23)9-14-12(2)19-16(18)20-13(14)3/h22H,4-11H2,1-3H3,(H2,18,19,20)/t17-/m0/s1. The lowest BCUT2D eigenvalue weighted by molar-refractivity contribution is -0.135. The fourth-order valence-corrected chi connectivity index (χ4v) is 3.65. The van der Waals surface area contributed by atoms with Gasteiger partial charge in [-0.3, -0.25) is 4.79 Å². The minimum Gasteiger partial charge on any atom is -0.396 e. The zero-order valence-electron chi connectivity index (χ0n) is 14.4. The van der Waals surface area contributed by atoms with Crippen LogP contribution in [0.25, 0.3) is 0 Å². The van der Waals surface area contributed by atoms with Crippen molar-refractivity contribution in [1.29, 1.82) is 0 Å². The highest BCUT2D eigenvalue weighted by Crippen LogP contribution is 2.34. The van der Waals surface area contributed by atoms with Crippen molar-refractivity contribution in [2.24, 2.45) is 5.41 Å². The van der Waals surface area contributed by atoms with Crippen molar-refractivity contribution in [2.45, 2.75) is 52.9 Å². The third-order valence-electron chi connectivity index (χ3n) is 4.90. The van der Waals surface area contributed by atoms with Crippen LogP contribution in [0.1, 0.15) is 49.6 Å². The molecule has 1 aliphatic heterocycles. The highest BCUT2D eigenvalue weighted by atomic mass is 16.3. The van der Waals surface area contributed by atoms with Crippen LogP contribution in [0.15, 0.2) is 0 Å². The quantitative estimate of drug-likeness (QED) is 0.860. The molecule has 128 valence electrons. The molecule has 1 fully saturated rings. The van der Waals surface area contributed by atoms with E-state index < -0.39 is 0 Å². The predicted octanol–water partition coefficient (Wildman–Crippen LogP) is 1.62. The van der Waals surface area contributed by atoms with E-state index in [4.69, 9.17) is 5.73 Å². The minimum absolute atomic E-state index is 0.0817. The maximum absolute atomic E-state index is 12.7. The van der Waals surface area contributed by atoms with Gasteiger partial charge in [-0.05, 0) is 33.1 Å². The molecule has 0 aliphatic carbocycles. The van der Waals surface area contributed by atoms with Gasteiger partial charge in [0.05, 0.1) is 13.0 Å². The van der Waals surface area contributed by atoms with E-state index in [9.17, 15) is 9.90 Å². The first-order valence-corrected chi connectivity index (χ1v) is 8.39. The lowest BCUT2D eigenvalue weighted by Crippen LogP contribution is -2.48. The Morgan fingerprint density at radius 3 is 2.57 bits per heavy atom. The number of aliphatic hydroxyl groups excluding tert-OH is 1. The molecule has 0 bridgehead atoms. The zero-order chi connectivity index (χ0) is 17.0. The van der Waals surface area contributed by atoms with Crippen molar-refractivity contribution in [1.82, 2.24) is 14.9 Å². The Morgan fingerprint density at radius 2 is 2.00 bits per heavy atom. The number of nitrogen functional groups attached to an aromatic ring is 1. The van der Waals surface area contributed by atoms with Gasteiger partial charge in [-0.25, -0.2) is 9.97 Å². The normalized spacial score (nSPS) is 21.5. The Morgan fingerprint density at radius 1 is 1.35 bits per heavy atom. The molecular formula is C17H28N4O2. The van der Waals surface area contributed by atoms with Crippen LogP contribution in [0.2, 0.25) is 0 Å². The highest BCUT2D eigenvalue weighted by Gasteiger charge is 2.36. The van der Waals surface area contributed by atoms with E-state index in [0.29, 0.717) is 13.0 Å². The maximum Gasteiger partial charge on any atom is 0.227 e. The second-order valence-corrected chi connectivity index (χ2v) is 6.73. The molecular weight excluding hydrogens is 292 g/mol. The fraction of sp³-hybridized carbons (Fsp3) is 0.706. The molecule has 23 heavy (non-hydrogen) atoms. The first-order chi connectivity index (χ1) is 10.9. The molecule has 0 radical (unpaired) electrons. The molecule has 1 atom stereocenters. The van der Waals surface area contributed by atoms with Crippen LogP contribution < -0.4 is 5.73 Å². The number of rotatable bonds is 5. The van der Waals surface area contributed by atoms with Crippen LogP contribution in [0, 0.1) is 19.3 Å². The van der Waals surface area contributed by atoms with E-state index in [2.05, 4.69) is 16.9 Å². The minimum atomic E-state index is -0.135. The van der Waals surface area contributed by atoms with E-state index in [0.717, 1.165) is 49.2 Å². The summed E-state index contributed by atoms with van der Waals surface area (Å²) in [6, 6.07) is 0. The van der Waals surface area contributed by atoms with Gasteiger partial charge in [0.1, 0.15) is 0 Å². The van der Waals surface area contributed by atoms with Gasteiger partial charge in [-0.2, -0.15) is 0 Å². The third-order valence-corrected chi connectivity index (χ3v) is 4.90. The highest BCUT2D eigenvalue weighted by molar-refractivity contribution is 5.79. The van der Waals surface area contributed by atoms with Gasteiger partial charge < -0.3 is 15.7 Å². The number of hydrogen-bond donors (Lipinski definition) is 2. The molecule has 6 heteroatoms. The lowest BCUT2D eigenvalue weighted by Gasteiger charge is -2.42. The van der Waals surface area contributed by atoms with E-state index >= 15 is 0 Å². The van der Waals surface area contributed by atoms with Crippen molar-refractivity contribution in [2.75, 3.05) is 25.4 Å². The van der Waals surface area contributed by atoms with Gasteiger partial charge in [0, 0.05) is 35.5 Å². The van der Waals surface area contributed by atoms with Gasteiger partial charge >= 0.3 is 0 Å². The van der Waals surface area contributed by atoms with E-state index in [1.807, 2.05) is 18.7 Å². The molecule has 1 amide bonds. The first kappa shape index (κ1) is 17.7. The number of hydrogen-bond acceptors (Lipinski definition) is 5.